The third-order valence-corrected chi connectivity index (χ3v) is 6.04. The summed E-state index contributed by atoms with van der Waals surface area (Å²) in [4.78, 5) is 11.6. The van der Waals surface area contributed by atoms with Crippen molar-refractivity contribution in [2.75, 3.05) is 0 Å². The Morgan fingerprint density at radius 2 is 1.92 bits per heavy atom. The third kappa shape index (κ3) is 2.75. The standard InChI is InChI=1S/C22H24O2/c1-16-21-13-20(24-15-17-5-3-2-4-6-17)8-7-18(21)14-22(16)11-9-19(23)10-12-22/h2-8,13,18,21H,1,9-12,14-15H2. The summed E-state index contributed by atoms with van der Waals surface area (Å²) < 4.78 is 6.00. The number of hydrogen-bond acceptors (Lipinski definition) is 2. The Balaban J connectivity index is 1.46. The fraction of sp³-hybridized carbons (Fsp3) is 0.409. The molecule has 2 nitrogen and oxygen atoms in total. The Hall–Kier alpha value is -2.09. The molecule has 2 unspecified atom stereocenters. The molecular weight excluding hydrogens is 296 g/mol. The normalized spacial score (nSPS) is 27.9. The molecule has 0 amide bonds. The van der Waals surface area contributed by atoms with Crippen molar-refractivity contribution in [2.24, 2.45) is 17.3 Å². The lowest BCUT2D eigenvalue weighted by Gasteiger charge is -2.34. The number of hydrogen-bond donors (Lipinski definition) is 0. The number of benzene rings is 1. The molecule has 4 rings (SSSR count). The summed E-state index contributed by atoms with van der Waals surface area (Å²) in [5, 5.41) is 0. The van der Waals surface area contributed by atoms with Crippen LogP contribution in [0.15, 0.2) is 66.5 Å². The molecule has 1 aromatic rings. The minimum Gasteiger partial charge on any atom is -0.489 e. The summed E-state index contributed by atoms with van der Waals surface area (Å²) in [6, 6.07) is 10.3. The van der Waals surface area contributed by atoms with Gasteiger partial charge in [-0.15, -0.1) is 0 Å². The Kier molecular flexibility index (Phi) is 3.91. The van der Waals surface area contributed by atoms with Crippen LogP contribution in [-0.2, 0) is 16.1 Å². The molecule has 2 fully saturated rings. The first-order chi connectivity index (χ1) is 11.7. The van der Waals surface area contributed by atoms with E-state index in [1.165, 1.54) is 11.1 Å². The largest absolute Gasteiger partial charge is 0.489 e. The molecule has 0 aromatic heterocycles. The molecule has 0 saturated heterocycles. The lowest BCUT2D eigenvalue weighted by Crippen LogP contribution is -2.26. The SMILES string of the molecule is C=C1C2C=C(OCc3ccccc3)C=CC2CC12CCC(=O)CC2. The summed E-state index contributed by atoms with van der Waals surface area (Å²) in [7, 11) is 0. The molecule has 2 saturated carbocycles. The second-order valence-electron chi connectivity index (χ2n) is 7.44. The van der Waals surface area contributed by atoms with Gasteiger partial charge in [-0.05, 0) is 48.3 Å². The van der Waals surface area contributed by atoms with E-state index in [0.717, 1.165) is 37.9 Å². The third-order valence-electron chi connectivity index (χ3n) is 6.04. The number of carbonyl (C=O) groups excluding carboxylic acids is 1. The van der Waals surface area contributed by atoms with Gasteiger partial charge in [0.25, 0.3) is 0 Å². The maximum absolute atomic E-state index is 11.6. The summed E-state index contributed by atoms with van der Waals surface area (Å²) in [5.74, 6) is 2.26. The number of ketones is 1. The van der Waals surface area contributed by atoms with Crippen LogP contribution in [0.1, 0.15) is 37.7 Å². The van der Waals surface area contributed by atoms with Crippen molar-refractivity contribution in [1.82, 2.24) is 0 Å². The predicted molar refractivity (Wildman–Crippen MR) is 95.1 cm³/mol. The summed E-state index contributed by atoms with van der Waals surface area (Å²) in [5.41, 5.74) is 2.69. The van der Waals surface area contributed by atoms with Crippen LogP contribution in [0.5, 0.6) is 0 Å². The van der Waals surface area contributed by atoms with Gasteiger partial charge in [-0.2, -0.15) is 0 Å². The molecule has 1 aromatic carbocycles. The Morgan fingerprint density at radius 3 is 2.67 bits per heavy atom. The zero-order chi connectivity index (χ0) is 16.6. The number of carbonyl (C=O) groups is 1. The van der Waals surface area contributed by atoms with Gasteiger partial charge in [0.1, 0.15) is 18.1 Å². The zero-order valence-electron chi connectivity index (χ0n) is 14.0. The van der Waals surface area contributed by atoms with Crippen LogP contribution in [0.4, 0.5) is 0 Å². The summed E-state index contributed by atoms with van der Waals surface area (Å²) in [6.07, 6.45) is 11.2. The van der Waals surface area contributed by atoms with Crippen LogP contribution in [0.3, 0.4) is 0 Å². The van der Waals surface area contributed by atoms with Gasteiger partial charge in [0.2, 0.25) is 0 Å². The molecule has 0 N–H and O–H groups in total. The van der Waals surface area contributed by atoms with Crippen LogP contribution in [-0.4, -0.2) is 5.78 Å². The first kappa shape index (κ1) is 15.4. The van der Waals surface area contributed by atoms with E-state index in [2.05, 4.69) is 36.9 Å². The molecule has 0 heterocycles. The molecule has 0 aliphatic heterocycles. The van der Waals surface area contributed by atoms with Gasteiger partial charge < -0.3 is 4.74 Å². The highest BCUT2D eigenvalue weighted by Gasteiger charge is 2.48. The monoisotopic (exact) mass is 320 g/mol. The van der Waals surface area contributed by atoms with E-state index in [-0.39, 0.29) is 5.41 Å². The number of ether oxygens (including phenoxy) is 1. The highest BCUT2D eigenvalue weighted by Crippen LogP contribution is 2.58. The average Bonchev–Trinajstić information content (AvgIpc) is 2.89. The van der Waals surface area contributed by atoms with Gasteiger partial charge >= 0.3 is 0 Å². The van der Waals surface area contributed by atoms with Crippen molar-refractivity contribution in [3.8, 4) is 0 Å². The van der Waals surface area contributed by atoms with Crippen LogP contribution in [0.2, 0.25) is 0 Å². The van der Waals surface area contributed by atoms with Crippen molar-refractivity contribution in [1.29, 1.82) is 0 Å². The number of rotatable bonds is 3. The van der Waals surface area contributed by atoms with E-state index >= 15 is 0 Å². The highest BCUT2D eigenvalue weighted by atomic mass is 16.5. The first-order valence-corrected chi connectivity index (χ1v) is 8.94. The molecule has 2 heteroatoms. The Bertz CT molecular complexity index is 701. The van der Waals surface area contributed by atoms with E-state index in [9.17, 15) is 4.79 Å². The number of Topliss-reactive ketones (excluding diaryl/α,β-unsaturated/α-hetero) is 1. The van der Waals surface area contributed by atoms with Gasteiger partial charge in [-0.3, -0.25) is 4.79 Å². The molecule has 124 valence electrons. The van der Waals surface area contributed by atoms with E-state index in [1.54, 1.807) is 0 Å². The van der Waals surface area contributed by atoms with Crippen LogP contribution in [0, 0.1) is 17.3 Å². The lowest BCUT2D eigenvalue weighted by atomic mass is 9.69. The minimum atomic E-state index is 0.180. The molecule has 2 atom stereocenters. The average molecular weight is 320 g/mol. The molecule has 0 bridgehead atoms. The lowest BCUT2D eigenvalue weighted by molar-refractivity contribution is -0.121. The fourth-order valence-corrected chi connectivity index (χ4v) is 4.55. The smallest absolute Gasteiger partial charge is 0.132 e. The quantitative estimate of drug-likeness (QED) is 0.734. The van der Waals surface area contributed by atoms with Crippen molar-refractivity contribution in [3.05, 3.63) is 72.0 Å². The fourth-order valence-electron chi connectivity index (χ4n) is 4.55. The predicted octanol–water partition coefficient (Wildman–Crippen LogP) is 4.98. The van der Waals surface area contributed by atoms with E-state index in [1.807, 2.05) is 18.2 Å². The summed E-state index contributed by atoms with van der Waals surface area (Å²) >= 11 is 0. The Morgan fingerprint density at radius 1 is 1.17 bits per heavy atom. The second-order valence-corrected chi connectivity index (χ2v) is 7.44. The minimum absolute atomic E-state index is 0.180. The van der Waals surface area contributed by atoms with Crippen molar-refractivity contribution in [2.45, 2.75) is 38.7 Å². The van der Waals surface area contributed by atoms with Crippen LogP contribution in [0.25, 0.3) is 0 Å². The number of allylic oxidation sites excluding steroid dienone is 4. The van der Waals surface area contributed by atoms with E-state index in [0.29, 0.717) is 24.2 Å². The van der Waals surface area contributed by atoms with E-state index < -0.39 is 0 Å². The highest BCUT2D eigenvalue weighted by molar-refractivity contribution is 5.79. The van der Waals surface area contributed by atoms with Gasteiger partial charge in [0.15, 0.2) is 0 Å². The van der Waals surface area contributed by atoms with Crippen molar-refractivity contribution in [3.63, 3.8) is 0 Å². The maximum atomic E-state index is 11.6. The van der Waals surface area contributed by atoms with Gasteiger partial charge in [0.05, 0.1) is 0 Å². The zero-order valence-corrected chi connectivity index (χ0v) is 14.0. The van der Waals surface area contributed by atoms with Crippen LogP contribution >= 0.6 is 0 Å². The van der Waals surface area contributed by atoms with Crippen LogP contribution < -0.4 is 0 Å². The molecule has 1 spiro atoms. The van der Waals surface area contributed by atoms with Gasteiger partial charge in [0, 0.05) is 18.8 Å². The Labute approximate surface area is 143 Å². The maximum Gasteiger partial charge on any atom is 0.132 e. The molecule has 3 aliphatic rings. The van der Waals surface area contributed by atoms with Crippen molar-refractivity contribution >= 4 is 5.78 Å². The first-order valence-electron chi connectivity index (χ1n) is 8.94. The molecular formula is C22H24O2. The summed E-state index contributed by atoms with van der Waals surface area (Å²) in [6.45, 7) is 5.05. The molecule has 24 heavy (non-hydrogen) atoms. The molecule has 0 radical (unpaired) electrons. The van der Waals surface area contributed by atoms with Crippen molar-refractivity contribution < 1.29 is 9.53 Å². The van der Waals surface area contributed by atoms with Gasteiger partial charge in [-0.1, -0.05) is 48.6 Å². The topological polar surface area (TPSA) is 26.3 Å². The van der Waals surface area contributed by atoms with E-state index in [4.69, 9.17) is 4.74 Å². The number of fused-ring (bicyclic) bond motifs is 1. The second kappa shape index (κ2) is 6.08. The van der Waals surface area contributed by atoms with Gasteiger partial charge in [-0.25, -0.2) is 0 Å². The molecule has 3 aliphatic carbocycles.